The van der Waals surface area contributed by atoms with Crippen LogP contribution in [0.2, 0.25) is 0 Å². The summed E-state index contributed by atoms with van der Waals surface area (Å²) in [7, 11) is 0. The van der Waals surface area contributed by atoms with E-state index in [0.29, 0.717) is 0 Å². The molecule has 1 aromatic heterocycles. The molecule has 0 unspecified atom stereocenters. The van der Waals surface area contributed by atoms with Crippen LogP contribution in [0, 0.1) is 0 Å². The molecule has 1 heterocycles. The molecule has 0 amide bonds. The molecule has 0 saturated carbocycles. The van der Waals surface area contributed by atoms with Crippen LogP contribution in [0.4, 0.5) is 0 Å². The zero-order chi connectivity index (χ0) is 9.80. The summed E-state index contributed by atoms with van der Waals surface area (Å²) in [6, 6.07) is 8.51. The van der Waals surface area contributed by atoms with Crippen molar-refractivity contribution in [1.29, 1.82) is 0 Å². The van der Waals surface area contributed by atoms with Crippen LogP contribution >= 0.6 is 24.0 Å². The normalized spacial score (nSPS) is 11.5. The third kappa shape index (κ3) is 2.02. The van der Waals surface area contributed by atoms with Crippen LogP contribution in [-0.2, 0) is 0 Å². The van der Waals surface area contributed by atoms with E-state index in [4.69, 9.17) is 0 Å². The van der Waals surface area contributed by atoms with Gasteiger partial charge in [0.1, 0.15) is 0 Å². The first-order valence-electron chi connectivity index (χ1n) is 4.65. The van der Waals surface area contributed by atoms with Crippen molar-refractivity contribution < 1.29 is 0 Å². The van der Waals surface area contributed by atoms with Gasteiger partial charge in [-0.15, -0.1) is 11.3 Å². The predicted octanol–water partition coefficient (Wildman–Crippen LogP) is 4.23. The van der Waals surface area contributed by atoms with Crippen molar-refractivity contribution in [3.63, 3.8) is 0 Å². The summed E-state index contributed by atoms with van der Waals surface area (Å²) >= 11 is 5.98. The summed E-state index contributed by atoms with van der Waals surface area (Å²) in [4.78, 5) is 0. The van der Waals surface area contributed by atoms with Gasteiger partial charge in [-0.05, 0) is 34.6 Å². The number of hydrogen-bond donors (Lipinski definition) is 1. The fourth-order valence-corrected chi connectivity index (χ4v) is 2.49. The van der Waals surface area contributed by atoms with Crippen molar-refractivity contribution >= 4 is 40.1 Å². The van der Waals surface area contributed by atoms with Gasteiger partial charge >= 0.3 is 0 Å². The summed E-state index contributed by atoms with van der Waals surface area (Å²) < 4.78 is 1.36. The number of thiol groups is 1. The molecule has 0 N–H and O–H groups in total. The maximum atomic E-state index is 4.18. The zero-order valence-corrected chi connectivity index (χ0v) is 9.52. The molecule has 0 aliphatic rings. The van der Waals surface area contributed by atoms with E-state index < -0.39 is 0 Å². The molecule has 0 nitrogen and oxygen atoms in total. The lowest BCUT2D eigenvalue weighted by molar-refractivity contribution is 1.26. The highest BCUT2D eigenvalue weighted by Gasteiger charge is 1.98. The molecule has 0 bridgehead atoms. The predicted molar refractivity (Wildman–Crippen MR) is 69.3 cm³/mol. The molecule has 2 rings (SSSR count). The Morgan fingerprint density at radius 1 is 1.29 bits per heavy atom. The molecular weight excluding hydrogens is 208 g/mol. The highest BCUT2D eigenvalue weighted by Crippen LogP contribution is 2.26. The third-order valence-electron chi connectivity index (χ3n) is 2.10. The number of hydrogen-bond acceptors (Lipinski definition) is 2. The van der Waals surface area contributed by atoms with Gasteiger partial charge in [-0.1, -0.05) is 30.4 Å². The van der Waals surface area contributed by atoms with Crippen molar-refractivity contribution in [2.75, 3.05) is 5.75 Å². The van der Waals surface area contributed by atoms with Crippen molar-refractivity contribution in [3.8, 4) is 0 Å². The molecule has 0 saturated heterocycles. The van der Waals surface area contributed by atoms with Gasteiger partial charge in [0.2, 0.25) is 0 Å². The molecule has 0 spiro atoms. The van der Waals surface area contributed by atoms with Gasteiger partial charge in [-0.3, -0.25) is 0 Å². The Balaban J connectivity index is 2.34. The second kappa shape index (κ2) is 4.67. The van der Waals surface area contributed by atoms with Crippen LogP contribution in [-0.4, -0.2) is 5.75 Å². The minimum absolute atomic E-state index is 0.915. The van der Waals surface area contributed by atoms with Crippen LogP contribution in [0.1, 0.15) is 12.0 Å². The van der Waals surface area contributed by atoms with Gasteiger partial charge in [0.15, 0.2) is 0 Å². The lowest BCUT2D eigenvalue weighted by Gasteiger charge is -1.90. The summed E-state index contributed by atoms with van der Waals surface area (Å²) in [6.07, 6.45) is 5.41. The van der Waals surface area contributed by atoms with Crippen LogP contribution in [0.5, 0.6) is 0 Å². The van der Waals surface area contributed by atoms with Crippen LogP contribution in [0.25, 0.3) is 16.2 Å². The minimum Gasteiger partial charge on any atom is -0.179 e. The van der Waals surface area contributed by atoms with Gasteiger partial charge in [-0.25, -0.2) is 0 Å². The quantitative estimate of drug-likeness (QED) is 0.735. The van der Waals surface area contributed by atoms with Gasteiger partial charge in [0.25, 0.3) is 0 Å². The molecule has 0 aliphatic heterocycles. The first kappa shape index (κ1) is 9.81. The molecule has 1 aromatic carbocycles. The van der Waals surface area contributed by atoms with E-state index in [2.05, 4.69) is 54.4 Å². The number of rotatable bonds is 3. The zero-order valence-electron chi connectivity index (χ0n) is 7.81. The molecule has 2 heteroatoms. The lowest BCUT2D eigenvalue weighted by Crippen LogP contribution is -1.69. The number of thiophene rings is 1. The Kier molecular flexibility index (Phi) is 3.27. The van der Waals surface area contributed by atoms with Gasteiger partial charge in [0, 0.05) is 4.70 Å². The highest BCUT2D eigenvalue weighted by atomic mass is 32.1. The monoisotopic (exact) mass is 220 g/mol. The summed E-state index contributed by atoms with van der Waals surface area (Å²) in [5, 5.41) is 3.56. The fourth-order valence-electron chi connectivity index (χ4n) is 1.41. The maximum absolute atomic E-state index is 4.18. The molecule has 0 aliphatic carbocycles. The first-order chi connectivity index (χ1) is 6.92. The highest BCUT2D eigenvalue weighted by molar-refractivity contribution is 7.80. The average molecular weight is 220 g/mol. The Bertz CT molecular complexity index is 440. The second-order valence-corrected chi connectivity index (χ2v) is 4.46. The minimum atomic E-state index is 0.915. The second-order valence-electron chi connectivity index (χ2n) is 3.10. The van der Waals surface area contributed by atoms with E-state index in [-0.39, 0.29) is 0 Å². The van der Waals surface area contributed by atoms with Gasteiger partial charge in [0.05, 0.1) is 0 Å². The van der Waals surface area contributed by atoms with Crippen LogP contribution in [0.3, 0.4) is 0 Å². The Hall–Kier alpha value is -0.730. The van der Waals surface area contributed by atoms with Crippen molar-refractivity contribution in [1.82, 2.24) is 0 Å². The number of allylic oxidation sites excluding steroid dienone is 1. The number of benzene rings is 1. The maximum Gasteiger partial charge on any atom is 0.0348 e. The van der Waals surface area contributed by atoms with Crippen molar-refractivity contribution in [2.45, 2.75) is 6.42 Å². The van der Waals surface area contributed by atoms with Crippen LogP contribution < -0.4 is 0 Å². The van der Waals surface area contributed by atoms with Crippen molar-refractivity contribution in [3.05, 3.63) is 41.3 Å². The standard InChI is InChI=1S/C12H12S2/c13-8-4-3-5-10-9-14-12-7-2-1-6-11(10)12/h1-3,5-7,9,13H,4,8H2. The van der Waals surface area contributed by atoms with Gasteiger partial charge in [-0.2, -0.15) is 12.6 Å². The lowest BCUT2D eigenvalue weighted by atomic mass is 10.1. The molecule has 14 heavy (non-hydrogen) atoms. The number of fused-ring (bicyclic) bond motifs is 1. The molecular formula is C12H12S2. The Morgan fingerprint density at radius 2 is 2.14 bits per heavy atom. The molecule has 0 fully saturated rings. The Morgan fingerprint density at radius 3 is 3.00 bits per heavy atom. The molecule has 0 radical (unpaired) electrons. The molecule has 72 valence electrons. The summed E-state index contributed by atoms with van der Waals surface area (Å²) in [6.45, 7) is 0. The SMILES string of the molecule is SCCC=Cc1csc2ccccc12. The van der Waals surface area contributed by atoms with E-state index in [1.165, 1.54) is 15.6 Å². The van der Waals surface area contributed by atoms with Gasteiger partial charge < -0.3 is 0 Å². The first-order valence-corrected chi connectivity index (χ1v) is 6.16. The summed E-state index contributed by atoms with van der Waals surface area (Å²) in [5.41, 5.74) is 1.33. The molecule has 0 atom stereocenters. The summed E-state index contributed by atoms with van der Waals surface area (Å²) in [5.74, 6) is 0.915. The van der Waals surface area contributed by atoms with E-state index in [9.17, 15) is 0 Å². The third-order valence-corrected chi connectivity index (χ3v) is 3.34. The van der Waals surface area contributed by atoms with E-state index in [1.54, 1.807) is 11.3 Å². The fraction of sp³-hybridized carbons (Fsp3) is 0.167. The van der Waals surface area contributed by atoms with Crippen molar-refractivity contribution in [2.24, 2.45) is 0 Å². The average Bonchev–Trinajstić information content (AvgIpc) is 2.63. The van der Waals surface area contributed by atoms with Crippen LogP contribution in [0.15, 0.2) is 35.7 Å². The van der Waals surface area contributed by atoms with E-state index in [0.717, 1.165) is 12.2 Å². The van der Waals surface area contributed by atoms with E-state index >= 15 is 0 Å². The topological polar surface area (TPSA) is 0 Å². The molecule has 2 aromatic rings. The largest absolute Gasteiger partial charge is 0.179 e. The Labute approximate surface area is 93.7 Å². The van der Waals surface area contributed by atoms with E-state index in [1.807, 2.05) is 0 Å². The smallest absolute Gasteiger partial charge is 0.0348 e.